The number of hydrogen-bond acceptors (Lipinski definition) is 4. The molecule has 5 nitrogen and oxygen atoms in total. The Balaban J connectivity index is 1.45. The number of nitrogens with zero attached hydrogens (tertiary/aromatic N) is 4. The molecule has 192 valence electrons. The molecule has 0 spiro atoms. The summed E-state index contributed by atoms with van der Waals surface area (Å²) in [6, 6.07) is 7.84. The van der Waals surface area contributed by atoms with Crippen LogP contribution in [-0.4, -0.2) is 46.4 Å². The van der Waals surface area contributed by atoms with Gasteiger partial charge in [0.15, 0.2) is 0 Å². The number of ether oxygens (including phenoxy) is 1. The van der Waals surface area contributed by atoms with Crippen LogP contribution in [0.15, 0.2) is 72.2 Å². The van der Waals surface area contributed by atoms with Gasteiger partial charge in [0.05, 0.1) is 29.8 Å². The fourth-order valence-corrected chi connectivity index (χ4v) is 6.11. The second-order valence-electron chi connectivity index (χ2n) is 10.8. The summed E-state index contributed by atoms with van der Waals surface area (Å²) >= 11 is 0. The summed E-state index contributed by atoms with van der Waals surface area (Å²) in [6.07, 6.45) is 18.7. The molecule has 0 bridgehead atoms. The number of fused-ring (bicyclic) bond motifs is 1. The van der Waals surface area contributed by atoms with Gasteiger partial charge in [-0.05, 0) is 87.8 Å². The molecule has 0 N–H and O–H groups in total. The van der Waals surface area contributed by atoms with Crippen LogP contribution in [0.2, 0.25) is 0 Å². The Labute approximate surface area is 214 Å². The summed E-state index contributed by atoms with van der Waals surface area (Å²) in [5.41, 5.74) is 4.79. The highest BCUT2D eigenvalue weighted by molar-refractivity contribution is 5.47. The van der Waals surface area contributed by atoms with Crippen LogP contribution in [0, 0.1) is 18.7 Å². The van der Waals surface area contributed by atoms with Crippen molar-refractivity contribution in [3.63, 3.8) is 0 Å². The Morgan fingerprint density at radius 2 is 1.94 bits per heavy atom. The van der Waals surface area contributed by atoms with E-state index in [9.17, 15) is 4.39 Å². The lowest BCUT2D eigenvalue weighted by molar-refractivity contribution is 0.108. The number of rotatable bonds is 4. The molecule has 6 heteroatoms. The average Bonchev–Trinajstić information content (AvgIpc) is 3.31. The maximum absolute atomic E-state index is 13.7. The van der Waals surface area contributed by atoms with Crippen molar-refractivity contribution >= 4 is 5.69 Å². The lowest BCUT2D eigenvalue weighted by Gasteiger charge is -2.50. The standard InChI is InChI=1S/C30H39FN4O/c1-21-7-8-23(3)35(27-12-10-26(31)11-13-27)34-15-5-6-25(29(34)16-21)17-24-9-14-28(30(18-24)36-4)33-19-22(2)32-20-33/h9-14,17-21,23,28-30H,5-8,15-16H2,1-4H3. The largest absolute Gasteiger partial charge is 0.375 e. The van der Waals surface area contributed by atoms with E-state index >= 15 is 0 Å². The van der Waals surface area contributed by atoms with E-state index in [2.05, 4.69) is 63.9 Å². The summed E-state index contributed by atoms with van der Waals surface area (Å²) in [4.78, 5) is 4.39. The van der Waals surface area contributed by atoms with Gasteiger partial charge in [-0.1, -0.05) is 30.7 Å². The van der Waals surface area contributed by atoms with Crippen LogP contribution in [0.5, 0.6) is 0 Å². The first-order chi connectivity index (χ1) is 17.4. The molecule has 3 heterocycles. The van der Waals surface area contributed by atoms with E-state index in [4.69, 9.17) is 4.74 Å². The summed E-state index contributed by atoms with van der Waals surface area (Å²) < 4.78 is 21.7. The minimum absolute atomic E-state index is 0.0397. The van der Waals surface area contributed by atoms with E-state index < -0.39 is 0 Å². The second-order valence-corrected chi connectivity index (χ2v) is 10.8. The Morgan fingerprint density at radius 3 is 2.67 bits per heavy atom. The Bertz CT molecular complexity index is 1130. The summed E-state index contributed by atoms with van der Waals surface area (Å²) in [5.74, 6) is 0.476. The average molecular weight is 491 g/mol. The monoisotopic (exact) mass is 490 g/mol. The van der Waals surface area contributed by atoms with Gasteiger partial charge in [-0.2, -0.15) is 0 Å². The number of allylic oxidation sites excluding steroid dienone is 3. The lowest BCUT2D eigenvalue weighted by atomic mass is 9.84. The molecule has 2 aromatic rings. The molecular weight excluding hydrogens is 451 g/mol. The molecule has 0 radical (unpaired) electrons. The number of hydrogen-bond donors (Lipinski definition) is 0. The van der Waals surface area contributed by atoms with E-state index in [1.165, 1.54) is 17.6 Å². The van der Waals surface area contributed by atoms with Crippen LogP contribution in [-0.2, 0) is 4.74 Å². The van der Waals surface area contributed by atoms with Gasteiger partial charge >= 0.3 is 0 Å². The summed E-state index contributed by atoms with van der Waals surface area (Å²) in [6.45, 7) is 7.73. The topological polar surface area (TPSA) is 33.5 Å². The fourth-order valence-electron chi connectivity index (χ4n) is 6.11. The Kier molecular flexibility index (Phi) is 7.44. The van der Waals surface area contributed by atoms with Crippen molar-refractivity contribution in [3.8, 4) is 0 Å². The normalized spacial score (nSPS) is 30.6. The van der Waals surface area contributed by atoms with E-state index in [0.717, 1.165) is 43.6 Å². The third kappa shape index (κ3) is 5.21. The first-order valence-electron chi connectivity index (χ1n) is 13.4. The van der Waals surface area contributed by atoms with Crippen LogP contribution in [0.25, 0.3) is 0 Å². The Hall–Kier alpha value is -2.70. The molecule has 0 amide bonds. The van der Waals surface area contributed by atoms with Gasteiger partial charge in [-0.15, -0.1) is 0 Å². The smallest absolute Gasteiger partial charge is 0.123 e. The third-order valence-corrected chi connectivity index (χ3v) is 8.01. The van der Waals surface area contributed by atoms with Gasteiger partial charge in [-0.25, -0.2) is 14.4 Å². The first kappa shape index (κ1) is 25.0. The molecular formula is C30H39FN4O. The van der Waals surface area contributed by atoms with Gasteiger partial charge in [0.2, 0.25) is 0 Å². The second kappa shape index (κ2) is 10.7. The van der Waals surface area contributed by atoms with Crippen LogP contribution < -0.4 is 5.01 Å². The molecule has 1 aromatic carbocycles. The number of anilines is 1. The minimum atomic E-state index is -0.185. The van der Waals surface area contributed by atoms with Crippen LogP contribution in [0.1, 0.15) is 57.7 Å². The molecule has 1 aromatic heterocycles. The zero-order chi connectivity index (χ0) is 25.2. The zero-order valence-corrected chi connectivity index (χ0v) is 22.0. The maximum Gasteiger partial charge on any atom is 0.123 e. The molecule has 1 aliphatic carbocycles. The fraction of sp³-hybridized carbons (Fsp3) is 0.500. The highest BCUT2D eigenvalue weighted by Crippen LogP contribution is 2.37. The number of imidazole rings is 1. The highest BCUT2D eigenvalue weighted by Gasteiger charge is 2.36. The van der Waals surface area contributed by atoms with Crippen molar-refractivity contribution in [1.82, 2.24) is 14.6 Å². The van der Waals surface area contributed by atoms with Crippen LogP contribution in [0.4, 0.5) is 10.1 Å². The number of methoxy groups -OCH3 is 1. The summed E-state index contributed by atoms with van der Waals surface area (Å²) in [7, 11) is 1.78. The number of hydrazine groups is 1. The third-order valence-electron chi connectivity index (χ3n) is 8.01. The number of benzene rings is 1. The molecule has 0 saturated carbocycles. The number of piperidine rings is 1. The predicted octanol–water partition coefficient (Wildman–Crippen LogP) is 6.40. The maximum atomic E-state index is 13.7. The van der Waals surface area contributed by atoms with E-state index in [1.54, 1.807) is 19.2 Å². The highest BCUT2D eigenvalue weighted by atomic mass is 19.1. The zero-order valence-electron chi connectivity index (χ0n) is 22.0. The first-order valence-corrected chi connectivity index (χ1v) is 13.4. The molecule has 2 fully saturated rings. The van der Waals surface area contributed by atoms with Crippen LogP contribution >= 0.6 is 0 Å². The van der Waals surface area contributed by atoms with Crippen molar-refractivity contribution in [2.45, 2.75) is 77.1 Å². The molecule has 3 aliphatic rings. The van der Waals surface area contributed by atoms with E-state index in [0.29, 0.717) is 18.0 Å². The van der Waals surface area contributed by atoms with Crippen molar-refractivity contribution in [1.29, 1.82) is 0 Å². The number of halogens is 1. The van der Waals surface area contributed by atoms with Gasteiger partial charge in [0, 0.05) is 25.9 Å². The van der Waals surface area contributed by atoms with Gasteiger partial charge in [0.25, 0.3) is 0 Å². The van der Waals surface area contributed by atoms with Crippen molar-refractivity contribution in [3.05, 3.63) is 83.8 Å². The van der Waals surface area contributed by atoms with Gasteiger partial charge < -0.3 is 14.3 Å². The van der Waals surface area contributed by atoms with Gasteiger partial charge in [0.1, 0.15) is 11.9 Å². The molecule has 36 heavy (non-hydrogen) atoms. The van der Waals surface area contributed by atoms with Crippen LogP contribution in [0.3, 0.4) is 0 Å². The van der Waals surface area contributed by atoms with E-state index in [1.807, 2.05) is 25.4 Å². The molecule has 5 unspecified atom stereocenters. The number of aryl methyl sites for hydroxylation is 1. The Morgan fingerprint density at radius 1 is 1.14 bits per heavy atom. The lowest BCUT2D eigenvalue weighted by Crippen LogP contribution is -2.57. The molecule has 5 rings (SSSR count). The van der Waals surface area contributed by atoms with Gasteiger partial charge in [-0.3, -0.25) is 0 Å². The quantitative estimate of drug-likeness (QED) is 0.496. The molecule has 2 aliphatic heterocycles. The SMILES string of the molecule is COC1C=C(C=C2CCCN3C2CC(C)CCC(C)N3c2ccc(F)cc2)C=CC1n1cnc(C)c1. The minimum Gasteiger partial charge on any atom is -0.375 e. The molecule has 5 atom stereocenters. The van der Waals surface area contributed by atoms with E-state index in [-0.39, 0.29) is 18.0 Å². The summed E-state index contributed by atoms with van der Waals surface area (Å²) in [5, 5.41) is 5.02. The predicted molar refractivity (Wildman–Crippen MR) is 143 cm³/mol. The van der Waals surface area contributed by atoms with Crippen molar-refractivity contribution in [2.75, 3.05) is 18.7 Å². The number of aromatic nitrogens is 2. The van der Waals surface area contributed by atoms with Crippen molar-refractivity contribution < 1.29 is 9.13 Å². The molecule has 2 saturated heterocycles. The van der Waals surface area contributed by atoms with Crippen molar-refractivity contribution in [2.24, 2.45) is 5.92 Å².